The maximum absolute atomic E-state index is 11.8. The molecule has 2 amide bonds. The van der Waals surface area contributed by atoms with Crippen molar-refractivity contribution >= 4 is 6.03 Å². The van der Waals surface area contributed by atoms with E-state index in [-0.39, 0.29) is 12.1 Å². The Hall–Kier alpha value is -2.27. The lowest BCUT2D eigenvalue weighted by molar-refractivity contribution is 0.0910. The van der Waals surface area contributed by atoms with Crippen molar-refractivity contribution in [1.29, 1.82) is 0 Å². The van der Waals surface area contributed by atoms with E-state index in [0.717, 1.165) is 18.8 Å². The van der Waals surface area contributed by atoms with Crippen LogP contribution in [-0.2, 0) is 11.3 Å². The van der Waals surface area contributed by atoms with Gasteiger partial charge in [0.05, 0.1) is 18.9 Å². The number of urea groups is 1. The van der Waals surface area contributed by atoms with Crippen molar-refractivity contribution < 1.29 is 13.9 Å². The van der Waals surface area contributed by atoms with E-state index in [9.17, 15) is 4.79 Å². The highest BCUT2D eigenvalue weighted by Gasteiger charge is 2.29. The van der Waals surface area contributed by atoms with E-state index in [0.29, 0.717) is 19.0 Å². The molecule has 0 radical (unpaired) electrons. The van der Waals surface area contributed by atoms with Crippen LogP contribution in [0.3, 0.4) is 0 Å². The summed E-state index contributed by atoms with van der Waals surface area (Å²) in [5.41, 5.74) is 1.17. The van der Waals surface area contributed by atoms with Crippen molar-refractivity contribution in [3.05, 3.63) is 60.1 Å². The SMILES string of the molecule is O=C(NCc1ccco1)NC[C@H]1CCO[C@@H]1c1ccccc1. The van der Waals surface area contributed by atoms with Crippen LogP contribution in [0.25, 0.3) is 0 Å². The van der Waals surface area contributed by atoms with E-state index in [1.165, 1.54) is 5.56 Å². The third kappa shape index (κ3) is 3.68. The largest absolute Gasteiger partial charge is 0.467 e. The molecule has 22 heavy (non-hydrogen) atoms. The molecule has 116 valence electrons. The summed E-state index contributed by atoms with van der Waals surface area (Å²) >= 11 is 0. The van der Waals surface area contributed by atoms with Crippen molar-refractivity contribution in [2.24, 2.45) is 5.92 Å². The Kier molecular flexibility index (Phi) is 4.75. The van der Waals surface area contributed by atoms with Gasteiger partial charge in [0.1, 0.15) is 5.76 Å². The summed E-state index contributed by atoms with van der Waals surface area (Å²) in [6.07, 6.45) is 2.61. The fourth-order valence-electron chi connectivity index (χ4n) is 2.72. The Morgan fingerprint density at radius 3 is 2.77 bits per heavy atom. The van der Waals surface area contributed by atoms with Gasteiger partial charge in [0.25, 0.3) is 0 Å². The first kappa shape index (κ1) is 14.7. The van der Waals surface area contributed by atoms with Crippen LogP contribution in [0.5, 0.6) is 0 Å². The summed E-state index contributed by atoms with van der Waals surface area (Å²) in [5, 5.41) is 5.69. The zero-order valence-corrected chi connectivity index (χ0v) is 12.3. The molecule has 0 spiro atoms. The molecule has 1 aromatic heterocycles. The minimum absolute atomic E-state index is 0.0616. The minimum Gasteiger partial charge on any atom is -0.467 e. The molecule has 1 fully saturated rings. The molecule has 3 rings (SSSR count). The second-order valence-electron chi connectivity index (χ2n) is 5.39. The third-order valence-corrected chi connectivity index (χ3v) is 3.87. The molecular formula is C17H20N2O3. The molecule has 2 heterocycles. The summed E-state index contributed by atoms with van der Waals surface area (Å²) in [4.78, 5) is 11.8. The quantitative estimate of drug-likeness (QED) is 0.892. The van der Waals surface area contributed by atoms with E-state index in [2.05, 4.69) is 22.8 Å². The van der Waals surface area contributed by atoms with Crippen LogP contribution in [0.15, 0.2) is 53.1 Å². The lowest BCUT2D eigenvalue weighted by Crippen LogP contribution is -2.38. The Balaban J connectivity index is 1.47. The normalized spacial score (nSPS) is 20.7. The van der Waals surface area contributed by atoms with Crippen LogP contribution in [-0.4, -0.2) is 19.2 Å². The van der Waals surface area contributed by atoms with Crippen molar-refractivity contribution in [3.63, 3.8) is 0 Å². The van der Waals surface area contributed by atoms with E-state index in [4.69, 9.17) is 9.15 Å². The molecule has 1 aliphatic rings. The first-order valence-corrected chi connectivity index (χ1v) is 7.53. The first-order valence-electron chi connectivity index (χ1n) is 7.53. The first-order chi connectivity index (χ1) is 10.8. The predicted molar refractivity (Wildman–Crippen MR) is 82.2 cm³/mol. The van der Waals surface area contributed by atoms with Crippen LogP contribution >= 0.6 is 0 Å². The van der Waals surface area contributed by atoms with Gasteiger partial charge in [-0.1, -0.05) is 30.3 Å². The molecule has 0 bridgehead atoms. The number of carbonyl (C=O) groups is 1. The number of nitrogens with one attached hydrogen (secondary N) is 2. The molecule has 5 nitrogen and oxygen atoms in total. The average Bonchev–Trinajstić information content (AvgIpc) is 3.23. The number of amides is 2. The lowest BCUT2D eigenvalue weighted by atomic mass is 9.95. The summed E-state index contributed by atoms with van der Waals surface area (Å²) in [5.74, 6) is 1.04. The maximum atomic E-state index is 11.8. The van der Waals surface area contributed by atoms with E-state index in [1.807, 2.05) is 24.3 Å². The Morgan fingerprint density at radius 2 is 2.00 bits per heavy atom. The van der Waals surface area contributed by atoms with Crippen molar-refractivity contribution in [2.45, 2.75) is 19.1 Å². The number of rotatable bonds is 5. The molecule has 0 aliphatic carbocycles. The molecule has 5 heteroatoms. The predicted octanol–water partition coefficient (Wildman–Crippen LogP) is 2.86. The van der Waals surface area contributed by atoms with Gasteiger partial charge in [-0.15, -0.1) is 0 Å². The third-order valence-electron chi connectivity index (χ3n) is 3.87. The lowest BCUT2D eigenvalue weighted by Gasteiger charge is -2.19. The summed E-state index contributed by atoms with van der Waals surface area (Å²) in [6.45, 7) is 1.73. The molecule has 2 N–H and O–H groups in total. The molecule has 1 saturated heterocycles. The zero-order valence-electron chi connectivity index (χ0n) is 12.3. The zero-order chi connectivity index (χ0) is 15.2. The number of benzene rings is 1. The maximum Gasteiger partial charge on any atom is 0.315 e. The highest BCUT2D eigenvalue weighted by Crippen LogP contribution is 2.33. The molecular weight excluding hydrogens is 280 g/mol. The van der Waals surface area contributed by atoms with Gasteiger partial charge < -0.3 is 19.8 Å². The van der Waals surface area contributed by atoms with Gasteiger partial charge in [-0.2, -0.15) is 0 Å². The Bertz CT molecular complexity index is 583. The van der Waals surface area contributed by atoms with Gasteiger partial charge in [0, 0.05) is 19.1 Å². The number of hydrogen-bond acceptors (Lipinski definition) is 3. The topological polar surface area (TPSA) is 63.5 Å². The highest BCUT2D eigenvalue weighted by atomic mass is 16.5. The smallest absolute Gasteiger partial charge is 0.315 e. The fraction of sp³-hybridized carbons (Fsp3) is 0.353. The van der Waals surface area contributed by atoms with Gasteiger partial charge in [0.15, 0.2) is 0 Å². The molecule has 0 saturated carbocycles. The summed E-state index contributed by atoms with van der Waals surface area (Å²) < 4.78 is 11.0. The van der Waals surface area contributed by atoms with Crippen LogP contribution in [0.2, 0.25) is 0 Å². The monoisotopic (exact) mass is 300 g/mol. The Labute approximate surface area is 129 Å². The molecule has 0 unspecified atom stereocenters. The van der Waals surface area contributed by atoms with Gasteiger partial charge in [-0.05, 0) is 24.1 Å². The van der Waals surface area contributed by atoms with Gasteiger partial charge in [-0.3, -0.25) is 0 Å². The number of furan rings is 1. The second-order valence-corrected chi connectivity index (χ2v) is 5.39. The number of hydrogen-bond donors (Lipinski definition) is 2. The van der Waals surface area contributed by atoms with E-state index < -0.39 is 0 Å². The van der Waals surface area contributed by atoms with Gasteiger partial charge >= 0.3 is 6.03 Å². The van der Waals surface area contributed by atoms with Crippen LogP contribution < -0.4 is 10.6 Å². The number of carbonyl (C=O) groups excluding carboxylic acids is 1. The second kappa shape index (κ2) is 7.13. The molecule has 2 atom stereocenters. The van der Waals surface area contributed by atoms with Crippen molar-refractivity contribution in [1.82, 2.24) is 10.6 Å². The standard InChI is InChI=1S/C17H20N2O3/c20-17(19-12-15-7-4-9-21-15)18-11-14-8-10-22-16(14)13-5-2-1-3-6-13/h1-7,9,14,16H,8,10-12H2,(H2,18,19,20)/t14-,16-/m1/s1. The number of ether oxygens (including phenoxy) is 1. The van der Waals surface area contributed by atoms with Gasteiger partial charge in [-0.25, -0.2) is 4.79 Å². The van der Waals surface area contributed by atoms with Crippen LogP contribution in [0.1, 0.15) is 23.8 Å². The van der Waals surface area contributed by atoms with Gasteiger partial charge in [0.2, 0.25) is 0 Å². The van der Waals surface area contributed by atoms with Crippen molar-refractivity contribution in [2.75, 3.05) is 13.2 Å². The molecule has 2 aromatic rings. The average molecular weight is 300 g/mol. The summed E-state index contributed by atoms with van der Waals surface area (Å²) in [6, 6.07) is 13.6. The Morgan fingerprint density at radius 1 is 1.14 bits per heavy atom. The highest BCUT2D eigenvalue weighted by molar-refractivity contribution is 5.73. The summed E-state index contributed by atoms with van der Waals surface area (Å²) in [7, 11) is 0. The minimum atomic E-state index is -0.185. The van der Waals surface area contributed by atoms with E-state index >= 15 is 0 Å². The fourth-order valence-corrected chi connectivity index (χ4v) is 2.72. The molecule has 1 aliphatic heterocycles. The van der Waals surface area contributed by atoms with Crippen LogP contribution in [0, 0.1) is 5.92 Å². The van der Waals surface area contributed by atoms with Crippen LogP contribution in [0.4, 0.5) is 4.79 Å². The molecule has 1 aromatic carbocycles. The van der Waals surface area contributed by atoms with E-state index in [1.54, 1.807) is 12.3 Å². The van der Waals surface area contributed by atoms with Crippen molar-refractivity contribution in [3.8, 4) is 0 Å².